The van der Waals surface area contributed by atoms with E-state index in [1.165, 1.54) is 13.8 Å². The molecule has 1 aromatic rings. The summed E-state index contributed by atoms with van der Waals surface area (Å²) in [5.41, 5.74) is 3.70. The van der Waals surface area contributed by atoms with Crippen molar-refractivity contribution >= 4 is 11.6 Å². The fraction of sp³-hybridized carbons (Fsp3) is 0.500. The Morgan fingerprint density at radius 2 is 2.00 bits per heavy atom. The molecule has 0 saturated carbocycles. The fourth-order valence-electron chi connectivity index (χ4n) is 1.01. The normalized spacial score (nSPS) is 12.1. The number of Topliss-reactive ketones (excluding diaryl/α,β-unsaturated/α-hetero) is 1. The van der Waals surface area contributed by atoms with Crippen LogP contribution >= 0.6 is 0 Å². The van der Waals surface area contributed by atoms with Crippen LogP contribution in [0.1, 0.15) is 30.0 Å². The number of carbonyl (C=O) groups excluding carboxylic acids is 1. The van der Waals surface area contributed by atoms with E-state index in [4.69, 9.17) is 5.73 Å². The van der Waals surface area contributed by atoms with E-state index in [0.29, 0.717) is 0 Å². The molecule has 0 atom stereocenters. The van der Waals surface area contributed by atoms with Crippen molar-refractivity contribution in [2.24, 2.45) is 5.92 Å². The van der Waals surface area contributed by atoms with Crippen LogP contribution in [0.4, 0.5) is 19.0 Å². The number of nitrogens with two attached hydrogens (primary N) is 1. The van der Waals surface area contributed by atoms with Crippen LogP contribution in [0.3, 0.4) is 0 Å². The minimum Gasteiger partial charge on any atom is -0.380 e. The van der Waals surface area contributed by atoms with Crippen LogP contribution in [-0.4, -0.2) is 10.9 Å². The zero-order valence-corrected chi connectivity index (χ0v) is 8.05. The van der Waals surface area contributed by atoms with Crippen molar-refractivity contribution < 1.29 is 22.5 Å². The first-order valence-electron chi connectivity index (χ1n) is 4.11. The van der Waals surface area contributed by atoms with Gasteiger partial charge in [-0.05, 0) is 0 Å². The molecule has 0 aliphatic heterocycles. The van der Waals surface area contributed by atoms with Gasteiger partial charge in [0.05, 0.1) is 0 Å². The zero-order chi connectivity index (χ0) is 11.8. The highest BCUT2D eigenvalue weighted by molar-refractivity contribution is 5.97. The van der Waals surface area contributed by atoms with Gasteiger partial charge in [0.2, 0.25) is 11.5 Å². The monoisotopic (exact) mass is 222 g/mol. The van der Waals surface area contributed by atoms with Gasteiger partial charge in [0, 0.05) is 5.92 Å². The summed E-state index contributed by atoms with van der Waals surface area (Å²) in [6.45, 7) is 2.92. The van der Waals surface area contributed by atoms with Crippen LogP contribution in [0.15, 0.2) is 4.52 Å². The number of nitrogen functional groups attached to an aromatic ring is 1. The Morgan fingerprint density at radius 3 is 2.40 bits per heavy atom. The second kappa shape index (κ2) is 3.56. The molecular formula is C8H9F3N2O2. The van der Waals surface area contributed by atoms with Gasteiger partial charge in [0.15, 0.2) is 11.4 Å². The van der Waals surface area contributed by atoms with E-state index in [0.717, 1.165) is 0 Å². The highest BCUT2D eigenvalue weighted by Gasteiger charge is 2.42. The van der Waals surface area contributed by atoms with Crippen molar-refractivity contribution in [1.82, 2.24) is 5.16 Å². The van der Waals surface area contributed by atoms with Crippen molar-refractivity contribution in [2.45, 2.75) is 20.0 Å². The van der Waals surface area contributed by atoms with E-state index in [9.17, 15) is 18.0 Å². The molecule has 4 nitrogen and oxygen atoms in total. The van der Waals surface area contributed by atoms with Crippen LogP contribution in [0.25, 0.3) is 0 Å². The van der Waals surface area contributed by atoms with E-state index >= 15 is 0 Å². The molecule has 2 N–H and O–H groups in total. The zero-order valence-electron chi connectivity index (χ0n) is 8.05. The third-order valence-electron chi connectivity index (χ3n) is 1.75. The second-order valence-electron chi connectivity index (χ2n) is 3.29. The SMILES string of the molecule is CC(C)C(=O)c1onc(N)c1C(F)(F)F. The van der Waals surface area contributed by atoms with E-state index < -0.39 is 35.0 Å². The van der Waals surface area contributed by atoms with Crippen LogP contribution < -0.4 is 5.73 Å². The predicted molar refractivity (Wildman–Crippen MR) is 45.1 cm³/mol. The average Bonchev–Trinajstić information content (AvgIpc) is 2.44. The lowest BCUT2D eigenvalue weighted by molar-refractivity contribution is -0.137. The number of rotatable bonds is 2. The lowest BCUT2D eigenvalue weighted by atomic mass is 10.0. The fourth-order valence-corrected chi connectivity index (χ4v) is 1.01. The largest absolute Gasteiger partial charge is 0.423 e. The van der Waals surface area contributed by atoms with Crippen LogP contribution in [0.5, 0.6) is 0 Å². The standard InChI is InChI=1S/C8H9F3N2O2/c1-3(2)5(14)6-4(8(9,10)11)7(12)13-15-6/h3H,1-2H3,(H2,12,13). The number of ketones is 1. The Kier molecular flexibility index (Phi) is 2.74. The van der Waals surface area contributed by atoms with Gasteiger partial charge in [-0.3, -0.25) is 4.79 Å². The number of hydrogen-bond donors (Lipinski definition) is 1. The third kappa shape index (κ3) is 2.11. The maximum Gasteiger partial charge on any atom is 0.423 e. The summed E-state index contributed by atoms with van der Waals surface area (Å²) in [5, 5.41) is 2.95. The maximum absolute atomic E-state index is 12.4. The van der Waals surface area contributed by atoms with Gasteiger partial charge in [0.25, 0.3) is 0 Å². The van der Waals surface area contributed by atoms with E-state index in [2.05, 4.69) is 9.68 Å². The molecule has 0 radical (unpaired) electrons. The molecule has 0 aliphatic carbocycles. The van der Waals surface area contributed by atoms with Crippen molar-refractivity contribution in [2.75, 3.05) is 5.73 Å². The smallest absolute Gasteiger partial charge is 0.380 e. The number of nitrogens with zero attached hydrogens (tertiary/aromatic N) is 1. The molecular weight excluding hydrogens is 213 g/mol. The quantitative estimate of drug-likeness (QED) is 0.778. The maximum atomic E-state index is 12.4. The minimum atomic E-state index is -4.73. The van der Waals surface area contributed by atoms with Crippen molar-refractivity contribution in [1.29, 1.82) is 0 Å². The Morgan fingerprint density at radius 1 is 1.47 bits per heavy atom. The van der Waals surface area contributed by atoms with Crippen LogP contribution in [0.2, 0.25) is 0 Å². The van der Waals surface area contributed by atoms with Crippen molar-refractivity contribution in [3.63, 3.8) is 0 Å². The Hall–Kier alpha value is -1.53. The molecule has 0 fully saturated rings. The Balaban J connectivity index is 3.27. The first-order chi connectivity index (χ1) is 6.75. The van der Waals surface area contributed by atoms with E-state index in [-0.39, 0.29) is 0 Å². The number of anilines is 1. The Labute approximate surface area is 83.2 Å². The second-order valence-corrected chi connectivity index (χ2v) is 3.29. The first kappa shape index (κ1) is 11.5. The third-order valence-corrected chi connectivity index (χ3v) is 1.75. The average molecular weight is 222 g/mol. The predicted octanol–water partition coefficient (Wildman–Crippen LogP) is 2.11. The molecule has 0 aromatic carbocycles. The summed E-state index contributed by atoms with van der Waals surface area (Å²) in [7, 11) is 0. The van der Waals surface area contributed by atoms with Crippen molar-refractivity contribution in [3.05, 3.63) is 11.3 Å². The topological polar surface area (TPSA) is 69.1 Å². The lowest BCUT2D eigenvalue weighted by Gasteiger charge is -2.06. The summed E-state index contributed by atoms with van der Waals surface area (Å²) in [6.07, 6.45) is -4.73. The number of halogens is 3. The minimum absolute atomic E-state index is 0.613. The summed E-state index contributed by atoms with van der Waals surface area (Å²) < 4.78 is 41.6. The molecule has 0 aliphatic rings. The summed E-state index contributed by atoms with van der Waals surface area (Å²) in [6, 6.07) is 0. The Bertz CT molecular complexity index is 382. The van der Waals surface area contributed by atoms with Gasteiger partial charge in [-0.25, -0.2) is 0 Å². The molecule has 1 heterocycles. The van der Waals surface area contributed by atoms with Gasteiger partial charge in [-0.1, -0.05) is 19.0 Å². The highest BCUT2D eigenvalue weighted by atomic mass is 19.4. The molecule has 0 unspecified atom stereocenters. The summed E-state index contributed by atoms with van der Waals surface area (Å²) in [4.78, 5) is 11.3. The van der Waals surface area contributed by atoms with Gasteiger partial charge < -0.3 is 10.3 Å². The molecule has 0 spiro atoms. The molecule has 0 amide bonds. The molecule has 0 saturated heterocycles. The first-order valence-corrected chi connectivity index (χ1v) is 4.11. The van der Waals surface area contributed by atoms with E-state index in [1.807, 2.05) is 0 Å². The summed E-state index contributed by atoms with van der Waals surface area (Å²) in [5.74, 6) is -3.02. The van der Waals surface area contributed by atoms with Crippen LogP contribution in [0, 0.1) is 5.92 Å². The molecule has 1 aromatic heterocycles. The number of hydrogen-bond acceptors (Lipinski definition) is 4. The number of alkyl halides is 3. The lowest BCUT2D eigenvalue weighted by Crippen LogP contribution is -2.15. The molecule has 15 heavy (non-hydrogen) atoms. The van der Waals surface area contributed by atoms with E-state index in [1.54, 1.807) is 0 Å². The van der Waals surface area contributed by atoms with Gasteiger partial charge in [-0.2, -0.15) is 13.2 Å². The molecule has 0 bridgehead atoms. The molecule has 7 heteroatoms. The summed E-state index contributed by atoms with van der Waals surface area (Å²) >= 11 is 0. The van der Waals surface area contributed by atoms with Gasteiger partial charge in [-0.15, -0.1) is 0 Å². The molecule has 84 valence electrons. The van der Waals surface area contributed by atoms with Crippen LogP contribution in [-0.2, 0) is 6.18 Å². The number of aromatic nitrogens is 1. The van der Waals surface area contributed by atoms with Crippen molar-refractivity contribution in [3.8, 4) is 0 Å². The highest BCUT2D eigenvalue weighted by Crippen LogP contribution is 2.36. The van der Waals surface area contributed by atoms with Gasteiger partial charge in [0.1, 0.15) is 0 Å². The van der Waals surface area contributed by atoms with Gasteiger partial charge >= 0.3 is 6.18 Å². The number of carbonyl (C=O) groups is 1. The molecule has 1 rings (SSSR count).